The van der Waals surface area contributed by atoms with Crippen LogP contribution in [0.4, 0.5) is 17.2 Å². The second kappa shape index (κ2) is 6.78. The lowest BCUT2D eigenvalue weighted by atomic mass is 10.3. The van der Waals surface area contributed by atoms with E-state index in [0.717, 1.165) is 34.6 Å². The monoisotopic (exact) mass is 339 g/mol. The molecule has 0 aliphatic heterocycles. The van der Waals surface area contributed by atoms with Crippen LogP contribution in [-0.2, 0) is 0 Å². The summed E-state index contributed by atoms with van der Waals surface area (Å²) in [6.07, 6.45) is 2.84. The molecule has 0 atom stereocenters. The highest BCUT2D eigenvalue weighted by Crippen LogP contribution is 2.28. The minimum absolute atomic E-state index is 0.675. The maximum atomic E-state index is 6.18. The fourth-order valence-electron chi connectivity index (χ4n) is 1.60. The smallest absolute Gasteiger partial charge is 0.127 e. The van der Waals surface area contributed by atoms with E-state index in [1.807, 2.05) is 30.3 Å². The van der Waals surface area contributed by atoms with Gasteiger partial charge in [0.2, 0.25) is 0 Å². The van der Waals surface area contributed by atoms with Gasteiger partial charge in [-0.05, 0) is 30.7 Å². The first-order valence-corrected chi connectivity index (χ1v) is 7.28. The molecule has 0 saturated heterocycles. The lowest BCUT2D eigenvalue weighted by molar-refractivity contribution is 0.969. The number of rotatable bonds is 5. The quantitative estimate of drug-likeness (QED) is 0.798. The van der Waals surface area contributed by atoms with E-state index in [1.165, 1.54) is 0 Å². The number of nitrogens with one attached hydrogen (secondary N) is 2. The summed E-state index contributed by atoms with van der Waals surface area (Å²) in [4.78, 5) is 4.26. The Hall–Kier alpha value is -1.26. The maximum Gasteiger partial charge on any atom is 0.127 e. The Bertz CT molecular complexity index is 560. The Labute approximate surface area is 126 Å². The van der Waals surface area contributed by atoms with Crippen molar-refractivity contribution in [3.8, 4) is 0 Å². The highest BCUT2D eigenvalue weighted by molar-refractivity contribution is 9.10. The molecule has 0 unspecified atom stereocenters. The van der Waals surface area contributed by atoms with E-state index >= 15 is 0 Å². The van der Waals surface area contributed by atoms with Crippen LogP contribution in [0.3, 0.4) is 0 Å². The lowest BCUT2D eigenvalue weighted by Crippen LogP contribution is -2.02. The fourth-order valence-corrected chi connectivity index (χ4v) is 2.33. The molecule has 0 radical (unpaired) electrons. The van der Waals surface area contributed by atoms with Gasteiger partial charge < -0.3 is 10.6 Å². The van der Waals surface area contributed by atoms with Crippen molar-refractivity contribution >= 4 is 44.7 Å². The normalized spacial score (nSPS) is 10.3. The van der Waals surface area contributed by atoms with Crippen LogP contribution in [-0.4, -0.2) is 11.5 Å². The fraction of sp³-hybridized carbons (Fsp3) is 0.214. The number of hydrogen-bond acceptors (Lipinski definition) is 3. The molecule has 2 rings (SSSR count). The maximum absolute atomic E-state index is 6.18. The molecule has 3 nitrogen and oxygen atoms in total. The van der Waals surface area contributed by atoms with Crippen molar-refractivity contribution in [2.24, 2.45) is 0 Å². The van der Waals surface area contributed by atoms with Gasteiger partial charge in [0.25, 0.3) is 0 Å². The number of benzene rings is 1. The SMILES string of the molecule is CCCNc1cc(Nc2ccc(Br)cc2Cl)ccn1. The topological polar surface area (TPSA) is 37.0 Å². The number of aromatic nitrogens is 1. The Kier molecular flexibility index (Phi) is 5.05. The molecule has 19 heavy (non-hydrogen) atoms. The zero-order valence-electron chi connectivity index (χ0n) is 10.6. The Morgan fingerprint density at radius 2 is 2.11 bits per heavy atom. The van der Waals surface area contributed by atoms with Crippen molar-refractivity contribution in [3.63, 3.8) is 0 Å². The molecule has 0 fully saturated rings. The zero-order valence-corrected chi connectivity index (χ0v) is 12.9. The van der Waals surface area contributed by atoms with Crippen LogP contribution in [0.1, 0.15) is 13.3 Å². The molecule has 0 amide bonds. The predicted molar refractivity (Wildman–Crippen MR) is 85.5 cm³/mol. The standard InChI is InChI=1S/C14H15BrClN3/c1-2-6-17-14-9-11(5-7-18-14)19-13-4-3-10(15)8-12(13)16/h3-5,7-9H,2,6H2,1H3,(H2,17,18,19). The van der Waals surface area contributed by atoms with E-state index in [1.54, 1.807) is 6.20 Å². The molecule has 2 N–H and O–H groups in total. The molecule has 0 bridgehead atoms. The third-order valence-electron chi connectivity index (χ3n) is 2.53. The largest absolute Gasteiger partial charge is 0.370 e. The van der Waals surface area contributed by atoms with Crippen LogP contribution in [0.15, 0.2) is 41.0 Å². The molecule has 1 aromatic carbocycles. The van der Waals surface area contributed by atoms with Crippen LogP contribution in [0.5, 0.6) is 0 Å². The van der Waals surface area contributed by atoms with Gasteiger partial charge in [-0.25, -0.2) is 4.98 Å². The predicted octanol–water partition coefficient (Wildman–Crippen LogP) is 5.06. The van der Waals surface area contributed by atoms with E-state index in [4.69, 9.17) is 11.6 Å². The summed E-state index contributed by atoms with van der Waals surface area (Å²) in [5, 5.41) is 7.21. The van der Waals surface area contributed by atoms with Crippen LogP contribution in [0, 0.1) is 0 Å². The van der Waals surface area contributed by atoms with Gasteiger partial charge in [0.1, 0.15) is 5.82 Å². The second-order valence-corrected chi connectivity index (χ2v) is 5.43. The first-order valence-electron chi connectivity index (χ1n) is 6.11. The molecule has 1 heterocycles. The van der Waals surface area contributed by atoms with Gasteiger partial charge in [-0.15, -0.1) is 0 Å². The van der Waals surface area contributed by atoms with Gasteiger partial charge >= 0.3 is 0 Å². The second-order valence-electron chi connectivity index (χ2n) is 4.11. The Morgan fingerprint density at radius 3 is 2.84 bits per heavy atom. The molecule has 0 spiro atoms. The summed E-state index contributed by atoms with van der Waals surface area (Å²) < 4.78 is 0.961. The van der Waals surface area contributed by atoms with Crippen molar-refractivity contribution in [1.29, 1.82) is 0 Å². The number of halogens is 2. The molecule has 2 aromatic rings. The van der Waals surface area contributed by atoms with Crippen molar-refractivity contribution in [2.45, 2.75) is 13.3 Å². The number of pyridine rings is 1. The van der Waals surface area contributed by atoms with E-state index in [-0.39, 0.29) is 0 Å². The first-order chi connectivity index (χ1) is 9.19. The summed E-state index contributed by atoms with van der Waals surface area (Å²) in [6.45, 7) is 3.03. The van der Waals surface area contributed by atoms with Gasteiger partial charge in [-0.3, -0.25) is 0 Å². The molecule has 5 heteroatoms. The van der Waals surface area contributed by atoms with Crippen LogP contribution in [0.25, 0.3) is 0 Å². The average molecular weight is 341 g/mol. The molecule has 0 aliphatic rings. The van der Waals surface area contributed by atoms with Crippen molar-refractivity contribution in [3.05, 3.63) is 46.0 Å². The van der Waals surface area contributed by atoms with Crippen LogP contribution < -0.4 is 10.6 Å². The molecule has 0 aliphatic carbocycles. The average Bonchev–Trinajstić information content (AvgIpc) is 2.40. The van der Waals surface area contributed by atoms with E-state index in [9.17, 15) is 0 Å². The lowest BCUT2D eigenvalue weighted by Gasteiger charge is -2.10. The van der Waals surface area contributed by atoms with Gasteiger partial charge in [0.05, 0.1) is 10.7 Å². The number of anilines is 3. The molecular weight excluding hydrogens is 326 g/mol. The highest BCUT2D eigenvalue weighted by atomic mass is 79.9. The van der Waals surface area contributed by atoms with Gasteiger partial charge in [-0.2, -0.15) is 0 Å². The van der Waals surface area contributed by atoms with Gasteiger partial charge in [0, 0.05) is 29.0 Å². The van der Waals surface area contributed by atoms with Gasteiger partial charge in [0.15, 0.2) is 0 Å². The van der Waals surface area contributed by atoms with Crippen molar-refractivity contribution in [1.82, 2.24) is 4.98 Å². The van der Waals surface area contributed by atoms with Crippen molar-refractivity contribution < 1.29 is 0 Å². The van der Waals surface area contributed by atoms with Crippen molar-refractivity contribution in [2.75, 3.05) is 17.2 Å². The van der Waals surface area contributed by atoms with E-state index in [0.29, 0.717) is 5.02 Å². The van der Waals surface area contributed by atoms with E-state index < -0.39 is 0 Å². The molecular formula is C14H15BrClN3. The summed E-state index contributed by atoms with van der Waals surface area (Å²) in [5.41, 5.74) is 1.83. The molecule has 100 valence electrons. The minimum Gasteiger partial charge on any atom is -0.370 e. The Morgan fingerprint density at radius 1 is 1.26 bits per heavy atom. The summed E-state index contributed by atoms with van der Waals surface area (Å²) in [5.74, 6) is 0.861. The molecule has 1 aromatic heterocycles. The van der Waals surface area contributed by atoms with E-state index in [2.05, 4.69) is 38.5 Å². The van der Waals surface area contributed by atoms with Crippen LogP contribution in [0.2, 0.25) is 5.02 Å². The Balaban J connectivity index is 2.14. The zero-order chi connectivity index (χ0) is 13.7. The summed E-state index contributed by atoms with van der Waals surface area (Å²) in [7, 11) is 0. The minimum atomic E-state index is 0.675. The number of nitrogens with zero attached hydrogens (tertiary/aromatic N) is 1. The summed E-state index contributed by atoms with van der Waals surface area (Å²) >= 11 is 9.57. The first kappa shape index (κ1) is 14.2. The van der Waals surface area contributed by atoms with Crippen LogP contribution >= 0.6 is 27.5 Å². The van der Waals surface area contributed by atoms with Gasteiger partial charge in [-0.1, -0.05) is 34.5 Å². The third-order valence-corrected chi connectivity index (χ3v) is 3.33. The molecule has 0 saturated carbocycles. The summed E-state index contributed by atoms with van der Waals surface area (Å²) in [6, 6.07) is 9.63. The highest BCUT2D eigenvalue weighted by Gasteiger charge is 2.02. The number of hydrogen-bond donors (Lipinski definition) is 2. The third kappa shape index (κ3) is 4.11.